The van der Waals surface area contributed by atoms with Gasteiger partial charge in [-0.25, -0.2) is 9.97 Å². The zero-order valence-corrected chi connectivity index (χ0v) is 11.5. The molecular weight excluding hydrogens is 256 g/mol. The molecule has 1 amide bonds. The average molecular weight is 274 g/mol. The fraction of sp³-hybridized carbons (Fsp3) is 0.500. The monoisotopic (exact) mass is 274 g/mol. The fourth-order valence-corrected chi connectivity index (χ4v) is 2.85. The Bertz CT molecular complexity index is 542. The van der Waals surface area contributed by atoms with E-state index in [0.717, 1.165) is 31.7 Å². The van der Waals surface area contributed by atoms with Crippen LogP contribution in [-0.2, 0) is 4.79 Å². The van der Waals surface area contributed by atoms with Crippen molar-refractivity contribution in [2.75, 3.05) is 25.1 Å². The Balaban J connectivity index is 1.76. The highest BCUT2D eigenvalue weighted by Gasteiger charge is 2.55. The van der Waals surface area contributed by atoms with Crippen LogP contribution in [0, 0.1) is 5.41 Å². The van der Waals surface area contributed by atoms with Crippen LogP contribution in [0.25, 0.3) is 0 Å². The molecule has 106 valence electrons. The number of carbonyl (C=O) groups is 1. The van der Waals surface area contributed by atoms with Crippen LogP contribution in [0.5, 0.6) is 5.88 Å². The number of hydrogen-bond donors (Lipinski definition) is 1. The van der Waals surface area contributed by atoms with Gasteiger partial charge >= 0.3 is 0 Å². The molecule has 1 saturated carbocycles. The number of rotatable bonds is 4. The second-order valence-electron chi connectivity index (χ2n) is 5.43. The topological polar surface area (TPSA) is 67.4 Å². The molecule has 6 heteroatoms. The molecule has 1 atom stereocenters. The van der Waals surface area contributed by atoms with Crippen LogP contribution < -0.4 is 15.0 Å². The van der Waals surface area contributed by atoms with Gasteiger partial charge in [0.05, 0.1) is 13.2 Å². The van der Waals surface area contributed by atoms with E-state index in [1.54, 1.807) is 7.11 Å². The van der Waals surface area contributed by atoms with E-state index in [-0.39, 0.29) is 17.4 Å². The minimum absolute atomic E-state index is 0.108. The maximum Gasteiger partial charge on any atom is 0.243 e. The Labute approximate surface area is 117 Å². The summed E-state index contributed by atoms with van der Waals surface area (Å²) in [4.78, 5) is 22.0. The first-order valence-electron chi connectivity index (χ1n) is 6.71. The molecule has 1 aliphatic carbocycles. The van der Waals surface area contributed by atoms with Gasteiger partial charge in [-0.3, -0.25) is 4.79 Å². The van der Waals surface area contributed by atoms with Gasteiger partial charge < -0.3 is 15.0 Å². The van der Waals surface area contributed by atoms with E-state index < -0.39 is 0 Å². The van der Waals surface area contributed by atoms with Crippen LogP contribution in [0.3, 0.4) is 0 Å². The third-order valence-electron chi connectivity index (χ3n) is 4.20. The second-order valence-corrected chi connectivity index (χ2v) is 5.43. The first-order chi connectivity index (χ1) is 9.66. The number of carbonyl (C=O) groups excluding carboxylic acids is 1. The van der Waals surface area contributed by atoms with Crippen molar-refractivity contribution in [3.8, 4) is 5.88 Å². The lowest BCUT2D eigenvalue weighted by atomic mass is 10.0. The number of nitrogens with one attached hydrogen (secondary N) is 1. The summed E-state index contributed by atoms with van der Waals surface area (Å²) in [5, 5.41) is 3.04. The normalized spacial score (nSPS) is 22.6. The summed E-state index contributed by atoms with van der Waals surface area (Å²) < 4.78 is 5.13. The first kappa shape index (κ1) is 12.9. The van der Waals surface area contributed by atoms with E-state index >= 15 is 0 Å². The van der Waals surface area contributed by atoms with Crippen LogP contribution in [0.15, 0.2) is 25.0 Å². The van der Waals surface area contributed by atoms with E-state index in [4.69, 9.17) is 4.74 Å². The standard InChI is InChI=1S/C14H18N4O2/c1-3-12(19)17-10-7-18(8-14(10)4-5-14)11-6-13(20-2)16-9-15-11/h3,6,9-10H,1,4-5,7-8H2,2H3,(H,17,19). The number of ether oxygens (including phenoxy) is 1. The van der Waals surface area contributed by atoms with E-state index in [1.165, 1.54) is 12.4 Å². The molecule has 1 N–H and O–H groups in total. The number of anilines is 1. The van der Waals surface area contributed by atoms with Gasteiger partial charge in [0.1, 0.15) is 12.1 Å². The number of methoxy groups -OCH3 is 1. The highest BCUT2D eigenvalue weighted by atomic mass is 16.5. The summed E-state index contributed by atoms with van der Waals surface area (Å²) in [5.41, 5.74) is 0.205. The average Bonchev–Trinajstić information content (AvgIpc) is 3.17. The van der Waals surface area contributed by atoms with Crippen LogP contribution in [-0.4, -0.2) is 42.1 Å². The van der Waals surface area contributed by atoms with E-state index in [1.807, 2.05) is 6.07 Å². The van der Waals surface area contributed by atoms with Crippen molar-refractivity contribution in [2.45, 2.75) is 18.9 Å². The van der Waals surface area contributed by atoms with Gasteiger partial charge in [-0.15, -0.1) is 0 Å². The highest BCUT2D eigenvalue weighted by molar-refractivity contribution is 5.87. The molecule has 1 saturated heterocycles. The van der Waals surface area contributed by atoms with Crippen molar-refractivity contribution in [1.29, 1.82) is 0 Å². The molecule has 2 fully saturated rings. The predicted octanol–water partition coefficient (Wildman–Crippen LogP) is 0.756. The summed E-state index contributed by atoms with van der Waals surface area (Å²) >= 11 is 0. The molecule has 0 aromatic carbocycles. The molecule has 6 nitrogen and oxygen atoms in total. The Hall–Kier alpha value is -2.11. The lowest BCUT2D eigenvalue weighted by Gasteiger charge is -2.17. The van der Waals surface area contributed by atoms with Crippen molar-refractivity contribution >= 4 is 11.7 Å². The lowest BCUT2D eigenvalue weighted by Crippen LogP contribution is -2.40. The Kier molecular flexibility index (Phi) is 3.08. The SMILES string of the molecule is C=CC(=O)NC1CN(c2cc(OC)ncn2)CC12CC2. The van der Waals surface area contributed by atoms with E-state index in [2.05, 4.69) is 26.8 Å². The Morgan fingerprint density at radius 1 is 1.60 bits per heavy atom. The number of hydrogen-bond acceptors (Lipinski definition) is 5. The molecule has 20 heavy (non-hydrogen) atoms. The minimum atomic E-state index is -0.108. The molecule has 0 radical (unpaired) electrons. The molecule has 1 unspecified atom stereocenters. The maximum atomic E-state index is 11.5. The molecular formula is C14H18N4O2. The predicted molar refractivity (Wildman–Crippen MR) is 74.6 cm³/mol. The molecule has 2 aliphatic rings. The van der Waals surface area contributed by atoms with Crippen LogP contribution in [0.1, 0.15) is 12.8 Å². The smallest absolute Gasteiger partial charge is 0.243 e. The van der Waals surface area contributed by atoms with Gasteiger partial charge in [-0.1, -0.05) is 6.58 Å². The largest absolute Gasteiger partial charge is 0.481 e. The summed E-state index contributed by atoms with van der Waals surface area (Å²) in [6.07, 6.45) is 5.12. The number of amides is 1. The molecule has 1 aliphatic heterocycles. The van der Waals surface area contributed by atoms with Crippen molar-refractivity contribution in [2.24, 2.45) is 5.41 Å². The van der Waals surface area contributed by atoms with Gasteiger partial charge in [0.25, 0.3) is 0 Å². The summed E-state index contributed by atoms with van der Waals surface area (Å²) in [6.45, 7) is 5.18. The summed E-state index contributed by atoms with van der Waals surface area (Å²) in [5.74, 6) is 1.29. The fourth-order valence-electron chi connectivity index (χ4n) is 2.85. The minimum Gasteiger partial charge on any atom is -0.481 e. The van der Waals surface area contributed by atoms with Gasteiger partial charge in [-0.2, -0.15) is 0 Å². The molecule has 3 rings (SSSR count). The lowest BCUT2D eigenvalue weighted by molar-refractivity contribution is -0.117. The maximum absolute atomic E-state index is 11.5. The number of nitrogens with zero attached hydrogens (tertiary/aromatic N) is 3. The zero-order chi connectivity index (χ0) is 14.2. The molecule has 0 bridgehead atoms. The highest BCUT2D eigenvalue weighted by Crippen LogP contribution is 2.53. The zero-order valence-electron chi connectivity index (χ0n) is 11.5. The van der Waals surface area contributed by atoms with Crippen LogP contribution >= 0.6 is 0 Å². The third-order valence-corrected chi connectivity index (χ3v) is 4.20. The van der Waals surface area contributed by atoms with E-state index in [9.17, 15) is 4.79 Å². The van der Waals surface area contributed by atoms with Crippen LogP contribution in [0.4, 0.5) is 5.82 Å². The van der Waals surface area contributed by atoms with Crippen molar-refractivity contribution in [3.63, 3.8) is 0 Å². The third kappa shape index (κ3) is 2.21. The summed E-state index contributed by atoms with van der Waals surface area (Å²) in [6, 6.07) is 1.99. The second kappa shape index (κ2) is 4.77. The van der Waals surface area contributed by atoms with Gasteiger partial charge in [0.15, 0.2) is 0 Å². The van der Waals surface area contributed by atoms with Gasteiger partial charge in [0.2, 0.25) is 11.8 Å². The van der Waals surface area contributed by atoms with Gasteiger partial charge in [0, 0.05) is 24.6 Å². The van der Waals surface area contributed by atoms with Gasteiger partial charge in [-0.05, 0) is 18.9 Å². The van der Waals surface area contributed by atoms with Crippen molar-refractivity contribution in [1.82, 2.24) is 15.3 Å². The van der Waals surface area contributed by atoms with Crippen molar-refractivity contribution in [3.05, 3.63) is 25.0 Å². The molecule has 1 aromatic heterocycles. The quantitative estimate of drug-likeness (QED) is 0.821. The van der Waals surface area contributed by atoms with Crippen molar-refractivity contribution < 1.29 is 9.53 Å². The first-order valence-corrected chi connectivity index (χ1v) is 6.71. The van der Waals surface area contributed by atoms with Crippen LogP contribution in [0.2, 0.25) is 0 Å². The molecule has 1 spiro atoms. The number of aromatic nitrogens is 2. The molecule has 1 aromatic rings. The Morgan fingerprint density at radius 2 is 2.40 bits per heavy atom. The van der Waals surface area contributed by atoms with E-state index in [0.29, 0.717) is 5.88 Å². The molecule has 2 heterocycles. The summed E-state index contributed by atoms with van der Waals surface area (Å²) in [7, 11) is 1.59. The Morgan fingerprint density at radius 3 is 3.05 bits per heavy atom.